The number of esters is 1. The fraction of sp³-hybridized carbons (Fsp3) is 0.875. The zero-order valence-corrected chi connectivity index (χ0v) is 13.2. The summed E-state index contributed by atoms with van der Waals surface area (Å²) in [5.41, 5.74) is 0. The monoisotopic (exact) mass is 283 g/mol. The highest BCUT2D eigenvalue weighted by Crippen LogP contribution is 2.23. The first-order valence-electron chi connectivity index (χ1n) is 7.93. The minimum absolute atomic E-state index is 0.0157. The average Bonchev–Trinajstić information content (AvgIpc) is 2.39. The predicted molar refractivity (Wildman–Crippen MR) is 79.3 cm³/mol. The molecule has 116 valence electrons. The molecule has 0 heterocycles. The number of carbonyl (C=O) groups is 2. The quantitative estimate of drug-likeness (QED) is 0.728. The minimum atomic E-state index is -0.239. The third-order valence-corrected chi connectivity index (χ3v) is 4.08. The first-order valence-corrected chi connectivity index (χ1v) is 7.93. The summed E-state index contributed by atoms with van der Waals surface area (Å²) in [7, 11) is 1.40. The molecular formula is C16H29NO3. The van der Waals surface area contributed by atoms with Gasteiger partial charge in [-0.05, 0) is 12.8 Å². The molecule has 0 radical (unpaired) electrons. The van der Waals surface area contributed by atoms with Crippen LogP contribution in [0.25, 0.3) is 0 Å². The van der Waals surface area contributed by atoms with E-state index >= 15 is 0 Å². The van der Waals surface area contributed by atoms with E-state index in [1.165, 1.54) is 39.2 Å². The maximum Gasteiger partial charge on any atom is 0.307 e. The molecule has 1 fully saturated rings. The van der Waals surface area contributed by atoms with E-state index in [9.17, 15) is 9.59 Å². The molecule has 0 aromatic carbocycles. The second-order valence-corrected chi connectivity index (χ2v) is 6.01. The molecular weight excluding hydrogens is 254 g/mol. The Morgan fingerprint density at radius 3 is 2.15 bits per heavy atom. The van der Waals surface area contributed by atoms with Crippen molar-refractivity contribution in [2.75, 3.05) is 13.7 Å². The normalized spacial score (nSPS) is 17.4. The van der Waals surface area contributed by atoms with Gasteiger partial charge in [0.05, 0.1) is 13.5 Å². The van der Waals surface area contributed by atoms with Gasteiger partial charge >= 0.3 is 5.97 Å². The summed E-state index contributed by atoms with van der Waals surface area (Å²) in [6.45, 7) is 4.35. The second-order valence-electron chi connectivity index (χ2n) is 6.01. The van der Waals surface area contributed by atoms with Crippen molar-refractivity contribution in [1.29, 1.82) is 0 Å². The molecule has 4 nitrogen and oxygen atoms in total. The zero-order valence-electron chi connectivity index (χ0n) is 13.2. The highest BCUT2D eigenvalue weighted by Gasteiger charge is 2.26. The lowest BCUT2D eigenvalue weighted by Crippen LogP contribution is -2.44. The van der Waals surface area contributed by atoms with E-state index in [0.29, 0.717) is 19.0 Å². The van der Waals surface area contributed by atoms with Crippen molar-refractivity contribution >= 4 is 11.9 Å². The number of hydrogen-bond acceptors (Lipinski definition) is 3. The van der Waals surface area contributed by atoms with Crippen molar-refractivity contribution in [3.05, 3.63) is 0 Å². The molecule has 0 aliphatic heterocycles. The van der Waals surface area contributed by atoms with E-state index in [-0.39, 0.29) is 17.8 Å². The number of nitrogens with zero attached hydrogens (tertiary/aromatic N) is 1. The Bertz CT molecular complexity index is 307. The smallest absolute Gasteiger partial charge is 0.307 e. The summed E-state index contributed by atoms with van der Waals surface area (Å²) in [6.07, 6.45) is 8.64. The van der Waals surface area contributed by atoms with Gasteiger partial charge in [-0.15, -0.1) is 0 Å². The molecule has 1 aliphatic carbocycles. The lowest BCUT2D eigenvalue weighted by Gasteiger charge is -2.34. The van der Waals surface area contributed by atoms with Gasteiger partial charge in [-0.3, -0.25) is 9.59 Å². The highest BCUT2D eigenvalue weighted by atomic mass is 16.5. The Kier molecular flexibility index (Phi) is 7.63. The zero-order chi connectivity index (χ0) is 15.0. The van der Waals surface area contributed by atoms with Crippen LogP contribution in [-0.2, 0) is 14.3 Å². The SMILES string of the molecule is COC(=O)CCN(C(=O)C(C)C)C1CCCCCCC1. The van der Waals surface area contributed by atoms with Crippen molar-refractivity contribution in [2.45, 2.75) is 71.3 Å². The highest BCUT2D eigenvalue weighted by molar-refractivity contribution is 5.79. The van der Waals surface area contributed by atoms with Gasteiger partial charge in [0.15, 0.2) is 0 Å². The van der Waals surface area contributed by atoms with Crippen molar-refractivity contribution in [1.82, 2.24) is 4.90 Å². The van der Waals surface area contributed by atoms with E-state index in [1.807, 2.05) is 18.7 Å². The Morgan fingerprint density at radius 2 is 1.65 bits per heavy atom. The largest absolute Gasteiger partial charge is 0.469 e. The molecule has 0 atom stereocenters. The van der Waals surface area contributed by atoms with Gasteiger partial charge in [0, 0.05) is 18.5 Å². The lowest BCUT2D eigenvalue weighted by atomic mass is 9.94. The fourth-order valence-corrected chi connectivity index (χ4v) is 2.86. The molecule has 0 saturated heterocycles. The first-order chi connectivity index (χ1) is 9.56. The Balaban J connectivity index is 2.68. The Hall–Kier alpha value is -1.06. The number of hydrogen-bond donors (Lipinski definition) is 0. The summed E-state index contributed by atoms with van der Waals surface area (Å²) in [4.78, 5) is 25.7. The number of carbonyl (C=O) groups excluding carboxylic acids is 2. The van der Waals surface area contributed by atoms with E-state index in [0.717, 1.165) is 12.8 Å². The number of ether oxygens (including phenoxy) is 1. The second kappa shape index (κ2) is 8.98. The molecule has 4 heteroatoms. The Labute approximate surface area is 122 Å². The van der Waals surface area contributed by atoms with Gasteiger partial charge in [0.1, 0.15) is 0 Å². The molecule has 0 unspecified atom stereocenters. The van der Waals surface area contributed by atoms with Crippen LogP contribution in [0.1, 0.15) is 65.2 Å². The molecule has 0 aromatic heterocycles. The molecule has 0 N–H and O–H groups in total. The van der Waals surface area contributed by atoms with Crippen LogP contribution in [0.2, 0.25) is 0 Å². The van der Waals surface area contributed by atoms with Crippen LogP contribution in [-0.4, -0.2) is 36.5 Å². The topological polar surface area (TPSA) is 46.6 Å². The van der Waals surface area contributed by atoms with Crippen molar-refractivity contribution in [3.63, 3.8) is 0 Å². The summed E-state index contributed by atoms with van der Waals surface area (Å²) in [5, 5.41) is 0. The fourth-order valence-electron chi connectivity index (χ4n) is 2.86. The minimum Gasteiger partial charge on any atom is -0.469 e. The van der Waals surface area contributed by atoms with E-state index in [4.69, 9.17) is 4.74 Å². The van der Waals surface area contributed by atoms with Crippen LogP contribution in [0.4, 0.5) is 0 Å². The molecule has 20 heavy (non-hydrogen) atoms. The summed E-state index contributed by atoms with van der Waals surface area (Å²) < 4.78 is 4.70. The average molecular weight is 283 g/mol. The molecule has 0 bridgehead atoms. The predicted octanol–water partition coefficient (Wildman–Crippen LogP) is 3.15. The maximum atomic E-state index is 12.4. The third kappa shape index (κ3) is 5.51. The van der Waals surface area contributed by atoms with Crippen LogP contribution in [0, 0.1) is 5.92 Å². The molecule has 0 aromatic rings. The molecule has 1 amide bonds. The van der Waals surface area contributed by atoms with Gasteiger partial charge in [0.25, 0.3) is 0 Å². The van der Waals surface area contributed by atoms with Gasteiger partial charge in [0.2, 0.25) is 5.91 Å². The van der Waals surface area contributed by atoms with Crippen molar-refractivity contribution in [3.8, 4) is 0 Å². The van der Waals surface area contributed by atoms with Gasteiger partial charge < -0.3 is 9.64 Å². The van der Waals surface area contributed by atoms with Gasteiger partial charge in [-0.2, -0.15) is 0 Å². The van der Waals surface area contributed by atoms with Crippen LogP contribution >= 0.6 is 0 Å². The molecule has 0 spiro atoms. The standard InChI is InChI=1S/C16H29NO3/c1-13(2)16(19)17(12-11-15(18)20-3)14-9-7-5-4-6-8-10-14/h13-14H,4-12H2,1-3H3. The number of methoxy groups -OCH3 is 1. The van der Waals surface area contributed by atoms with Crippen LogP contribution in [0.15, 0.2) is 0 Å². The van der Waals surface area contributed by atoms with Crippen LogP contribution in [0.3, 0.4) is 0 Å². The van der Waals surface area contributed by atoms with Crippen molar-refractivity contribution < 1.29 is 14.3 Å². The lowest BCUT2D eigenvalue weighted by molar-refractivity contribution is -0.143. The summed E-state index contributed by atoms with van der Waals surface area (Å²) in [5.74, 6) is -0.0880. The van der Waals surface area contributed by atoms with Gasteiger partial charge in [-0.1, -0.05) is 46.0 Å². The van der Waals surface area contributed by atoms with Crippen LogP contribution < -0.4 is 0 Å². The van der Waals surface area contributed by atoms with E-state index in [1.54, 1.807) is 0 Å². The first kappa shape index (κ1) is 17.0. The van der Waals surface area contributed by atoms with E-state index in [2.05, 4.69) is 0 Å². The van der Waals surface area contributed by atoms with Crippen LogP contribution in [0.5, 0.6) is 0 Å². The van der Waals surface area contributed by atoms with Crippen molar-refractivity contribution in [2.24, 2.45) is 5.92 Å². The van der Waals surface area contributed by atoms with E-state index < -0.39 is 0 Å². The summed E-state index contributed by atoms with van der Waals surface area (Å²) >= 11 is 0. The Morgan fingerprint density at radius 1 is 1.10 bits per heavy atom. The molecule has 1 aliphatic rings. The summed E-state index contributed by atoms with van der Waals surface area (Å²) in [6, 6.07) is 0.301. The maximum absolute atomic E-state index is 12.4. The molecule has 1 saturated carbocycles. The number of amides is 1. The third-order valence-electron chi connectivity index (χ3n) is 4.08. The van der Waals surface area contributed by atoms with Gasteiger partial charge in [-0.25, -0.2) is 0 Å². The number of rotatable bonds is 5. The molecule has 1 rings (SSSR count).